The van der Waals surface area contributed by atoms with Crippen molar-refractivity contribution < 1.29 is 19.1 Å². The summed E-state index contributed by atoms with van der Waals surface area (Å²) in [6.45, 7) is 8.53. The molecular formula is C26H32N2O4. The number of rotatable bonds is 5. The molecule has 2 aromatic carbocycles. The van der Waals surface area contributed by atoms with Gasteiger partial charge >= 0.3 is 0 Å². The molecule has 0 saturated carbocycles. The Hall–Kier alpha value is -2.86. The van der Waals surface area contributed by atoms with Gasteiger partial charge in [-0.2, -0.15) is 0 Å². The van der Waals surface area contributed by atoms with Gasteiger partial charge in [0.05, 0.1) is 19.8 Å². The standard InChI is InChI=1S/C26H32N2O4/c1-19-5-6-20(2)24(16-19)26(30)28-11-3-4-21(17-28)18-32-23-9-7-22(8-10-23)25(29)27-12-14-31-15-13-27/h5-10,16,21H,3-4,11-15,17-18H2,1-2H3/t21-/m0/s1. The number of carbonyl (C=O) groups excluding carboxylic acids is 2. The maximum absolute atomic E-state index is 13.1. The predicted molar refractivity (Wildman–Crippen MR) is 123 cm³/mol. The number of aryl methyl sites for hydroxylation is 2. The van der Waals surface area contributed by atoms with E-state index in [1.165, 1.54) is 0 Å². The number of amides is 2. The molecular weight excluding hydrogens is 404 g/mol. The number of nitrogens with zero attached hydrogens (tertiary/aromatic N) is 2. The molecule has 0 N–H and O–H groups in total. The summed E-state index contributed by atoms with van der Waals surface area (Å²) in [5.74, 6) is 1.20. The second-order valence-electron chi connectivity index (χ2n) is 8.82. The first kappa shape index (κ1) is 22.3. The summed E-state index contributed by atoms with van der Waals surface area (Å²) in [6, 6.07) is 13.4. The summed E-state index contributed by atoms with van der Waals surface area (Å²) in [7, 11) is 0. The molecule has 6 heteroatoms. The molecule has 2 heterocycles. The molecule has 2 amide bonds. The van der Waals surface area contributed by atoms with Crippen molar-refractivity contribution in [1.82, 2.24) is 9.80 Å². The highest BCUT2D eigenvalue weighted by Gasteiger charge is 2.26. The number of morpholine rings is 1. The first-order valence-electron chi connectivity index (χ1n) is 11.5. The topological polar surface area (TPSA) is 59.1 Å². The van der Waals surface area contributed by atoms with Crippen molar-refractivity contribution >= 4 is 11.8 Å². The first-order chi connectivity index (χ1) is 15.5. The number of carbonyl (C=O) groups is 2. The van der Waals surface area contributed by atoms with E-state index in [0.717, 1.165) is 41.8 Å². The Labute approximate surface area is 190 Å². The Morgan fingerprint density at radius 2 is 1.72 bits per heavy atom. The third kappa shape index (κ3) is 5.30. The Balaban J connectivity index is 1.31. The van der Waals surface area contributed by atoms with Crippen LogP contribution in [-0.4, -0.2) is 67.6 Å². The van der Waals surface area contributed by atoms with Crippen LogP contribution in [-0.2, 0) is 4.74 Å². The van der Waals surface area contributed by atoms with Crippen molar-refractivity contribution in [2.45, 2.75) is 26.7 Å². The molecule has 0 bridgehead atoms. The van der Waals surface area contributed by atoms with Gasteiger partial charge in [0.15, 0.2) is 0 Å². The van der Waals surface area contributed by atoms with Crippen LogP contribution in [0.5, 0.6) is 5.75 Å². The van der Waals surface area contributed by atoms with E-state index in [1.807, 2.05) is 66.1 Å². The van der Waals surface area contributed by atoms with Crippen LogP contribution in [0.2, 0.25) is 0 Å². The third-order valence-corrected chi connectivity index (χ3v) is 6.31. The molecule has 0 unspecified atom stereocenters. The highest BCUT2D eigenvalue weighted by atomic mass is 16.5. The number of benzene rings is 2. The zero-order chi connectivity index (χ0) is 22.5. The minimum Gasteiger partial charge on any atom is -0.493 e. The van der Waals surface area contributed by atoms with Crippen LogP contribution in [0.15, 0.2) is 42.5 Å². The maximum Gasteiger partial charge on any atom is 0.254 e. The first-order valence-corrected chi connectivity index (χ1v) is 11.5. The summed E-state index contributed by atoms with van der Waals surface area (Å²) in [4.78, 5) is 29.4. The lowest BCUT2D eigenvalue weighted by atomic mass is 9.97. The molecule has 0 aliphatic carbocycles. The van der Waals surface area contributed by atoms with E-state index < -0.39 is 0 Å². The SMILES string of the molecule is Cc1ccc(C)c(C(=O)N2CCC[C@H](COc3ccc(C(=O)N4CCOCC4)cc3)C2)c1. The van der Waals surface area contributed by atoms with Crippen molar-refractivity contribution in [2.75, 3.05) is 46.0 Å². The number of piperidine rings is 1. The van der Waals surface area contributed by atoms with Crippen LogP contribution in [0.4, 0.5) is 0 Å². The fourth-order valence-corrected chi connectivity index (χ4v) is 4.38. The Kier molecular flexibility index (Phi) is 7.10. The summed E-state index contributed by atoms with van der Waals surface area (Å²) in [5, 5.41) is 0. The lowest BCUT2D eigenvalue weighted by molar-refractivity contribution is 0.0303. The minimum atomic E-state index is 0.0349. The fourth-order valence-electron chi connectivity index (χ4n) is 4.38. The zero-order valence-corrected chi connectivity index (χ0v) is 19.0. The highest BCUT2D eigenvalue weighted by Crippen LogP contribution is 2.22. The molecule has 1 atom stereocenters. The highest BCUT2D eigenvalue weighted by molar-refractivity contribution is 5.96. The van der Waals surface area contributed by atoms with Gasteiger partial charge in [0.1, 0.15) is 5.75 Å². The number of hydrogen-bond donors (Lipinski definition) is 0. The van der Waals surface area contributed by atoms with Crippen LogP contribution < -0.4 is 4.74 Å². The van der Waals surface area contributed by atoms with Gasteiger partial charge in [0, 0.05) is 43.2 Å². The monoisotopic (exact) mass is 436 g/mol. The lowest BCUT2D eigenvalue weighted by Crippen LogP contribution is -2.41. The Bertz CT molecular complexity index is 951. The molecule has 2 fully saturated rings. The smallest absolute Gasteiger partial charge is 0.254 e. The molecule has 0 spiro atoms. The molecule has 2 saturated heterocycles. The second-order valence-corrected chi connectivity index (χ2v) is 8.82. The molecule has 2 aliphatic rings. The quantitative estimate of drug-likeness (QED) is 0.717. The second kappa shape index (κ2) is 10.2. The van der Waals surface area contributed by atoms with Crippen LogP contribution in [0.25, 0.3) is 0 Å². The molecule has 170 valence electrons. The molecule has 32 heavy (non-hydrogen) atoms. The van der Waals surface area contributed by atoms with Gasteiger partial charge in [0.25, 0.3) is 11.8 Å². The van der Waals surface area contributed by atoms with Gasteiger partial charge in [-0.15, -0.1) is 0 Å². The molecule has 0 radical (unpaired) electrons. The van der Waals surface area contributed by atoms with Crippen molar-refractivity contribution in [3.63, 3.8) is 0 Å². The number of hydrogen-bond acceptors (Lipinski definition) is 4. The van der Waals surface area contributed by atoms with Gasteiger partial charge in [0.2, 0.25) is 0 Å². The van der Waals surface area contributed by atoms with E-state index in [1.54, 1.807) is 0 Å². The van der Waals surface area contributed by atoms with E-state index in [4.69, 9.17) is 9.47 Å². The van der Waals surface area contributed by atoms with Crippen LogP contribution >= 0.6 is 0 Å². The van der Waals surface area contributed by atoms with Crippen LogP contribution in [0.3, 0.4) is 0 Å². The molecule has 2 aromatic rings. The van der Waals surface area contributed by atoms with Crippen LogP contribution in [0.1, 0.15) is 44.7 Å². The van der Waals surface area contributed by atoms with Gasteiger partial charge in [-0.25, -0.2) is 0 Å². The Morgan fingerprint density at radius 3 is 2.47 bits per heavy atom. The number of likely N-dealkylation sites (tertiary alicyclic amines) is 1. The lowest BCUT2D eigenvalue weighted by Gasteiger charge is -2.33. The predicted octanol–water partition coefficient (Wildman–Crippen LogP) is 3.71. The van der Waals surface area contributed by atoms with Gasteiger partial charge in [-0.3, -0.25) is 9.59 Å². The van der Waals surface area contributed by atoms with Crippen molar-refractivity contribution in [3.8, 4) is 5.75 Å². The molecule has 2 aliphatic heterocycles. The van der Waals surface area contributed by atoms with E-state index >= 15 is 0 Å². The van der Waals surface area contributed by atoms with Gasteiger partial charge in [-0.1, -0.05) is 17.7 Å². The van der Waals surface area contributed by atoms with Crippen LogP contribution in [0, 0.1) is 19.8 Å². The third-order valence-electron chi connectivity index (χ3n) is 6.31. The fraction of sp³-hybridized carbons (Fsp3) is 0.462. The number of ether oxygens (including phenoxy) is 2. The molecule has 6 nitrogen and oxygen atoms in total. The summed E-state index contributed by atoms with van der Waals surface area (Å²) >= 11 is 0. The molecule has 4 rings (SSSR count). The average Bonchev–Trinajstić information content (AvgIpc) is 2.84. The van der Waals surface area contributed by atoms with Crippen molar-refractivity contribution in [3.05, 3.63) is 64.7 Å². The van der Waals surface area contributed by atoms with E-state index in [0.29, 0.717) is 50.9 Å². The van der Waals surface area contributed by atoms with Gasteiger partial charge < -0.3 is 19.3 Å². The normalized spacial score (nSPS) is 19.0. The van der Waals surface area contributed by atoms with Crippen molar-refractivity contribution in [1.29, 1.82) is 0 Å². The summed E-state index contributed by atoms with van der Waals surface area (Å²) < 4.78 is 11.3. The minimum absolute atomic E-state index is 0.0349. The maximum atomic E-state index is 13.1. The summed E-state index contributed by atoms with van der Waals surface area (Å²) in [6.07, 6.45) is 2.03. The van der Waals surface area contributed by atoms with E-state index in [-0.39, 0.29) is 11.8 Å². The average molecular weight is 437 g/mol. The zero-order valence-electron chi connectivity index (χ0n) is 19.0. The largest absolute Gasteiger partial charge is 0.493 e. The molecule has 0 aromatic heterocycles. The van der Waals surface area contributed by atoms with E-state index in [9.17, 15) is 9.59 Å². The van der Waals surface area contributed by atoms with E-state index in [2.05, 4.69) is 0 Å². The van der Waals surface area contributed by atoms with Crippen molar-refractivity contribution in [2.24, 2.45) is 5.92 Å². The Morgan fingerprint density at radius 1 is 0.969 bits per heavy atom. The summed E-state index contributed by atoms with van der Waals surface area (Å²) in [5.41, 5.74) is 3.59. The van der Waals surface area contributed by atoms with Gasteiger partial charge in [-0.05, 0) is 62.6 Å².